The SMILES string of the molecule is CC(C)S(=O)Nc1ncccc1O. The van der Waals surface area contributed by atoms with E-state index in [1.54, 1.807) is 6.07 Å². The summed E-state index contributed by atoms with van der Waals surface area (Å²) in [5.74, 6) is 0.269. The van der Waals surface area contributed by atoms with Gasteiger partial charge in [0.05, 0.1) is 0 Å². The third-order valence-electron chi connectivity index (χ3n) is 1.41. The van der Waals surface area contributed by atoms with Crippen LogP contribution in [0.2, 0.25) is 0 Å². The number of hydrogen-bond acceptors (Lipinski definition) is 3. The summed E-state index contributed by atoms with van der Waals surface area (Å²) in [7, 11) is -1.21. The predicted molar refractivity (Wildman–Crippen MR) is 52.8 cm³/mol. The predicted octanol–water partition coefficient (Wildman–Crippen LogP) is 1.27. The molecule has 0 aliphatic rings. The summed E-state index contributed by atoms with van der Waals surface area (Å²) in [6, 6.07) is 3.10. The second-order valence-electron chi connectivity index (χ2n) is 2.82. The van der Waals surface area contributed by atoms with Crippen molar-refractivity contribution in [3.8, 4) is 5.75 Å². The maximum Gasteiger partial charge on any atom is 0.180 e. The number of pyridine rings is 1. The fourth-order valence-electron chi connectivity index (χ4n) is 0.689. The first kappa shape index (κ1) is 9.98. The van der Waals surface area contributed by atoms with E-state index in [9.17, 15) is 9.32 Å². The van der Waals surface area contributed by atoms with Gasteiger partial charge < -0.3 is 5.11 Å². The third kappa shape index (κ3) is 2.69. The Balaban J connectivity index is 2.75. The first-order valence-electron chi connectivity index (χ1n) is 3.92. The molecule has 0 saturated heterocycles. The Kier molecular flexibility index (Phi) is 3.25. The summed E-state index contributed by atoms with van der Waals surface area (Å²) in [6.07, 6.45) is 1.53. The van der Waals surface area contributed by atoms with E-state index < -0.39 is 11.0 Å². The van der Waals surface area contributed by atoms with Gasteiger partial charge in [-0.2, -0.15) is 0 Å². The average Bonchev–Trinajstić information content (AvgIpc) is 2.08. The fourth-order valence-corrected chi connectivity index (χ4v) is 1.27. The number of hydrogen-bond donors (Lipinski definition) is 2. The standard InChI is InChI=1S/C8H12N2O2S/c1-6(2)13(12)10-8-7(11)4-3-5-9-8/h3-6,11H,1-2H3,(H,9,10). The monoisotopic (exact) mass is 200 g/mol. The van der Waals surface area contributed by atoms with Crippen LogP contribution in [0.15, 0.2) is 18.3 Å². The van der Waals surface area contributed by atoms with Crippen molar-refractivity contribution in [1.29, 1.82) is 0 Å². The average molecular weight is 200 g/mol. The highest BCUT2D eigenvalue weighted by atomic mass is 32.2. The number of nitrogens with one attached hydrogen (secondary N) is 1. The van der Waals surface area contributed by atoms with E-state index >= 15 is 0 Å². The van der Waals surface area contributed by atoms with Crippen molar-refractivity contribution in [3.63, 3.8) is 0 Å². The number of anilines is 1. The smallest absolute Gasteiger partial charge is 0.180 e. The first-order chi connectivity index (χ1) is 6.11. The molecule has 1 rings (SSSR count). The lowest BCUT2D eigenvalue weighted by Gasteiger charge is -2.08. The zero-order valence-electron chi connectivity index (χ0n) is 7.52. The van der Waals surface area contributed by atoms with Gasteiger partial charge in [0.15, 0.2) is 11.6 Å². The minimum atomic E-state index is -1.21. The maximum atomic E-state index is 11.3. The lowest BCUT2D eigenvalue weighted by molar-refractivity contribution is 0.475. The van der Waals surface area contributed by atoms with Crippen molar-refractivity contribution >= 4 is 16.8 Å². The van der Waals surface area contributed by atoms with Gasteiger partial charge in [0.2, 0.25) is 0 Å². The van der Waals surface area contributed by atoms with Crippen molar-refractivity contribution in [3.05, 3.63) is 18.3 Å². The van der Waals surface area contributed by atoms with Crippen LogP contribution in [0.1, 0.15) is 13.8 Å². The van der Waals surface area contributed by atoms with Gasteiger partial charge in [0, 0.05) is 11.4 Å². The molecule has 2 N–H and O–H groups in total. The van der Waals surface area contributed by atoms with Gasteiger partial charge in [0.1, 0.15) is 11.0 Å². The molecule has 0 fully saturated rings. The van der Waals surface area contributed by atoms with E-state index in [0.29, 0.717) is 0 Å². The highest BCUT2D eigenvalue weighted by Gasteiger charge is 2.08. The number of aromatic hydroxyl groups is 1. The lowest BCUT2D eigenvalue weighted by Crippen LogP contribution is -2.15. The van der Waals surface area contributed by atoms with Crippen molar-refractivity contribution < 1.29 is 9.32 Å². The molecule has 1 aromatic heterocycles. The minimum Gasteiger partial charge on any atom is -0.504 e. The van der Waals surface area contributed by atoms with E-state index in [2.05, 4.69) is 9.71 Å². The molecular formula is C8H12N2O2S. The highest BCUT2D eigenvalue weighted by molar-refractivity contribution is 7.86. The Hall–Kier alpha value is -1.10. The van der Waals surface area contributed by atoms with Gasteiger partial charge in [-0.25, -0.2) is 9.19 Å². The molecule has 72 valence electrons. The molecule has 0 amide bonds. The summed E-state index contributed by atoms with van der Waals surface area (Å²) in [5, 5.41) is 9.27. The molecule has 13 heavy (non-hydrogen) atoms. The zero-order valence-corrected chi connectivity index (χ0v) is 8.34. The second kappa shape index (κ2) is 4.23. The van der Waals surface area contributed by atoms with Crippen LogP contribution < -0.4 is 4.72 Å². The maximum absolute atomic E-state index is 11.3. The summed E-state index contributed by atoms with van der Waals surface area (Å²) in [4.78, 5) is 3.85. The van der Waals surface area contributed by atoms with Crippen LogP contribution in [-0.4, -0.2) is 19.5 Å². The molecular weight excluding hydrogens is 188 g/mol. The molecule has 0 spiro atoms. The van der Waals surface area contributed by atoms with E-state index in [0.717, 1.165) is 0 Å². The van der Waals surface area contributed by atoms with Gasteiger partial charge in [-0.1, -0.05) is 0 Å². The fraction of sp³-hybridized carbons (Fsp3) is 0.375. The first-order valence-corrected chi connectivity index (χ1v) is 5.13. The van der Waals surface area contributed by atoms with Crippen molar-refractivity contribution in [1.82, 2.24) is 4.98 Å². The molecule has 0 aromatic carbocycles. The minimum absolute atomic E-state index is 0.0106. The van der Waals surface area contributed by atoms with Crippen molar-refractivity contribution in [2.75, 3.05) is 4.72 Å². The van der Waals surface area contributed by atoms with Crippen LogP contribution in [-0.2, 0) is 11.0 Å². The van der Waals surface area contributed by atoms with E-state index in [-0.39, 0.29) is 16.8 Å². The molecule has 0 saturated carbocycles. The van der Waals surface area contributed by atoms with Crippen molar-refractivity contribution in [2.24, 2.45) is 0 Å². The number of rotatable bonds is 3. The molecule has 1 unspecified atom stereocenters. The molecule has 0 bridgehead atoms. The Morgan fingerprint density at radius 3 is 2.85 bits per heavy atom. The molecule has 1 atom stereocenters. The molecule has 5 heteroatoms. The van der Waals surface area contributed by atoms with Gasteiger partial charge in [-0.15, -0.1) is 0 Å². The molecule has 1 aromatic rings. The van der Waals surface area contributed by atoms with Gasteiger partial charge in [0.25, 0.3) is 0 Å². The Morgan fingerprint density at radius 2 is 2.31 bits per heavy atom. The topological polar surface area (TPSA) is 62.2 Å². The summed E-state index contributed by atoms with van der Waals surface area (Å²) in [6.45, 7) is 3.65. The van der Waals surface area contributed by atoms with Gasteiger partial charge in [-0.3, -0.25) is 4.72 Å². The van der Waals surface area contributed by atoms with Crippen LogP contribution >= 0.6 is 0 Å². The summed E-state index contributed by atoms with van der Waals surface area (Å²) < 4.78 is 13.9. The van der Waals surface area contributed by atoms with Crippen LogP contribution in [0.3, 0.4) is 0 Å². The summed E-state index contributed by atoms with van der Waals surface area (Å²) in [5.41, 5.74) is 0. The number of nitrogens with zero attached hydrogens (tertiary/aromatic N) is 1. The zero-order chi connectivity index (χ0) is 9.84. The Labute approximate surface area is 79.6 Å². The molecule has 0 radical (unpaired) electrons. The molecule has 0 aliphatic heterocycles. The van der Waals surface area contributed by atoms with E-state index in [1.807, 2.05) is 13.8 Å². The van der Waals surface area contributed by atoms with E-state index in [4.69, 9.17) is 0 Å². The van der Waals surface area contributed by atoms with Crippen LogP contribution in [0, 0.1) is 0 Å². The summed E-state index contributed by atoms with van der Waals surface area (Å²) >= 11 is 0. The van der Waals surface area contributed by atoms with Crippen LogP contribution in [0.25, 0.3) is 0 Å². The van der Waals surface area contributed by atoms with Crippen molar-refractivity contribution in [2.45, 2.75) is 19.1 Å². The number of aromatic nitrogens is 1. The highest BCUT2D eigenvalue weighted by Crippen LogP contribution is 2.19. The van der Waals surface area contributed by atoms with Crippen LogP contribution in [0.5, 0.6) is 5.75 Å². The van der Waals surface area contributed by atoms with E-state index in [1.165, 1.54) is 12.3 Å². The largest absolute Gasteiger partial charge is 0.504 e. The molecule has 4 nitrogen and oxygen atoms in total. The quantitative estimate of drug-likeness (QED) is 0.772. The Bertz CT molecular complexity index is 315. The lowest BCUT2D eigenvalue weighted by atomic mass is 10.4. The molecule has 1 heterocycles. The Morgan fingerprint density at radius 1 is 1.62 bits per heavy atom. The normalized spacial score (nSPS) is 12.8. The van der Waals surface area contributed by atoms with Gasteiger partial charge in [-0.05, 0) is 26.0 Å². The third-order valence-corrected chi connectivity index (χ3v) is 2.66. The molecule has 0 aliphatic carbocycles. The second-order valence-corrected chi connectivity index (χ2v) is 4.56. The van der Waals surface area contributed by atoms with Gasteiger partial charge >= 0.3 is 0 Å². The van der Waals surface area contributed by atoms with Crippen LogP contribution in [0.4, 0.5) is 5.82 Å².